The fourth-order valence-corrected chi connectivity index (χ4v) is 8.90. The summed E-state index contributed by atoms with van der Waals surface area (Å²) in [6.07, 6.45) is 5.59. The molecule has 2 aliphatic heterocycles. The molecule has 5 aromatic rings. The maximum Gasteiger partial charge on any atom is 0.416 e. The SMILES string of the molecule is Cc1ccc(C(=O)NCCOCCC(=O)N2CC/C=C/c3cnc(N)c4c(-c5ccc(C(=O)Nc6cc(C(F)(F)F)ccn6)cc5)nn(c34)[C@@H]3CCCC(C3)NC(=O)CC2)cc1N1CCC(=O)NC1=O. The van der Waals surface area contributed by atoms with E-state index >= 15 is 0 Å². The number of carbonyl (C=O) groups excluding carboxylic acids is 6. The number of pyridine rings is 2. The van der Waals surface area contributed by atoms with Gasteiger partial charge in [-0.15, -0.1) is 0 Å². The zero-order valence-electron chi connectivity index (χ0n) is 38.3. The summed E-state index contributed by atoms with van der Waals surface area (Å²) in [6, 6.07) is 12.2. The number of ether oxygens (including phenoxy) is 1. The molecular weight excluding hydrogens is 912 g/mol. The number of nitrogens with one attached hydrogen (secondary N) is 4. The van der Waals surface area contributed by atoms with Gasteiger partial charge in [-0.3, -0.25) is 38.9 Å². The molecule has 6 N–H and O–H groups in total. The Morgan fingerprint density at radius 3 is 2.49 bits per heavy atom. The molecule has 2 aromatic carbocycles. The minimum absolute atomic E-state index is 0.0501. The number of imide groups is 1. The normalized spacial score (nSPS) is 18.3. The number of fused-ring (bicyclic) bond motifs is 3. The van der Waals surface area contributed by atoms with E-state index in [-0.39, 0.29) is 105 Å². The number of hydrogen-bond donors (Lipinski definition) is 5. The van der Waals surface area contributed by atoms with Gasteiger partial charge in [0, 0.05) is 85.4 Å². The zero-order chi connectivity index (χ0) is 49.5. The number of rotatable bonds is 11. The second-order valence-corrected chi connectivity index (χ2v) is 17.4. The Labute approximate surface area is 400 Å². The van der Waals surface area contributed by atoms with E-state index in [1.54, 1.807) is 41.4 Å². The highest BCUT2D eigenvalue weighted by molar-refractivity contribution is 6.07. The van der Waals surface area contributed by atoms with Crippen molar-refractivity contribution in [1.82, 2.24) is 40.6 Å². The number of aromatic nitrogens is 4. The first-order valence-corrected chi connectivity index (χ1v) is 23.1. The van der Waals surface area contributed by atoms with Crippen molar-refractivity contribution in [2.45, 2.75) is 76.6 Å². The van der Waals surface area contributed by atoms with E-state index in [1.807, 2.05) is 23.8 Å². The van der Waals surface area contributed by atoms with Gasteiger partial charge in [0.2, 0.25) is 17.7 Å². The lowest BCUT2D eigenvalue weighted by Crippen LogP contribution is -2.49. The molecule has 5 heterocycles. The van der Waals surface area contributed by atoms with Crippen molar-refractivity contribution in [2.75, 3.05) is 55.3 Å². The van der Waals surface area contributed by atoms with Gasteiger partial charge in [0.15, 0.2) is 0 Å². The first-order chi connectivity index (χ1) is 33.6. The molecule has 1 saturated heterocycles. The number of carbonyl (C=O) groups is 6. The molecule has 1 aliphatic carbocycles. The van der Waals surface area contributed by atoms with Crippen LogP contribution in [-0.2, 0) is 25.3 Å². The Balaban J connectivity index is 0.918. The van der Waals surface area contributed by atoms with Crippen LogP contribution in [0.2, 0.25) is 0 Å². The van der Waals surface area contributed by atoms with Crippen LogP contribution >= 0.6 is 0 Å². The van der Waals surface area contributed by atoms with Crippen LogP contribution in [0.15, 0.2) is 73.1 Å². The van der Waals surface area contributed by atoms with E-state index < -0.39 is 23.7 Å². The van der Waals surface area contributed by atoms with Crippen molar-refractivity contribution in [1.29, 1.82) is 0 Å². The maximum absolute atomic E-state index is 13.6. The van der Waals surface area contributed by atoms with Crippen molar-refractivity contribution >= 4 is 69.9 Å². The molecule has 21 heteroatoms. The lowest BCUT2D eigenvalue weighted by Gasteiger charge is -2.31. The van der Waals surface area contributed by atoms with Crippen LogP contribution in [-0.4, -0.2) is 106 Å². The third kappa shape index (κ3) is 11.4. The van der Waals surface area contributed by atoms with Crippen LogP contribution in [0.25, 0.3) is 28.2 Å². The van der Waals surface area contributed by atoms with Crippen LogP contribution in [0.5, 0.6) is 0 Å². The Hall–Kier alpha value is -7.68. The monoisotopic (exact) mass is 963 g/mol. The Bertz CT molecular complexity index is 2850. The summed E-state index contributed by atoms with van der Waals surface area (Å²) in [7, 11) is 0. The molecule has 0 spiro atoms. The van der Waals surface area contributed by atoms with Crippen molar-refractivity contribution in [3.05, 3.63) is 101 Å². The van der Waals surface area contributed by atoms with Gasteiger partial charge in [0.05, 0.1) is 42.1 Å². The number of nitrogen functional groups attached to an aromatic ring is 1. The van der Waals surface area contributed by atoms with E-state index in [4.69, 9.17) is 15.6 Å². The number of nitrogens with zero attached hydrogens (tertiary/aromatic N) is 6. The largest absolute Gasteiger partial charge is 0.416 e. The first-order valence-electron chi connectivity index (χ1n) is 23.1. The summed E-state index contributed by atoms with van der Waals surface area (Å²) in [5.74, 6) is -1.76. The number of anilines is 3. The van der Waals surface area contributed by atoms with Gasteiger partial charge in [-0.2, -0.15) is 18.3 Å². The molecule has 2 atom stereocenters. The van der Waals surface area contributed by atoms with E-state index in [0.717, 1.165) is 54.2 Å². The number of halogens is 3. The molecular formula is C49H52F3N11O7. The summed E-state index contributed by atoms with van der Waals surface area (Å²) in [6.45, 7) is 2.93. The quantitative estimate of drug-likeness (QED) is 0.0939. The summed E-state index contributed by atoms with van der Waals surface area (Å²) >= 11 is 0. The fourth-order valence-electron chi connectivity index (χ4n) is 8.90. The van der Waals surface area contributed by atoms with Crippen LogP contribution in [0, 0.1) is 6.92 Å². The summed E-state index contributed by atoms with van der Waals surface area (Å²) in [5, 5.41) is 16.4. The topological polar surface area (TPSA) is 236 Å². The van der Waals surface area contributed by atoms with Gasteiger partial charge in [0.1, 0.15) is 17.3 Å². The Morgan fingerprint density at radius 1 is 0.914 bits per heavy atom. The minimum atomic E-state index is -4.60. The van der Waals surface area contributed by atoms with E-state index in [9.17, 15) is 41.9 Å². The minimum Gasteiger partial charge on any atom is -0.383 e. The smallest absolute Gasteiger partial charge is 0.383 e. The molecule has 3 aromatic heterocycles. The van der Waals surface area contributed by atoms with Crippen molar-refractivity contribution in [3.63, 3.8) is 0 Å². The van der Waals surface area contributed by atoms with E-state index in [0.29, 0.717) is 47.3 Å². The highest BCUT2D eigenvalue weighted by Gasteiger charge is 2.32. The summed E-state index contributed by atoms with van der Waals surface area (Å²) in [4.78, 5) is 88.5. The highest BCUT2D eigenvalue weighted by Crippen LogP contribution is 2.39. The number of aryl methyl sites for hydroxylation is 1. The van der Waals surface area contributed by atoms with Gasteiger partial charge in [-0.25, -0.2) is 14.8 Å². The van der Waals surface area contributed by atoms with E-state index in [1.165, 1.54) is 17.0 Å². The molecule has 0 radical (unpaired) electrons. The molecule has 8 rings (SSSR count). The Kier molecular flexibility index (Phi) is 14.8. The standard InChI is InChI=1S/C49H52F3N11O7/c1-29-8-9-32(25-37(29)62-22-16-40(65)59-48(62)69)46(67)55-19-24-70-23-17-41(66)61-20-3-2-5-33-28-56-45(53)42-43(60-63(44(33)42)36-7-4-6-35(27-36)57-39(64)15-21-61)30-10-12-31(13-11-30)47(68)58-38-26-34(14-18-54-38)49(50,51)52/h2,5,8-14,18,25-26,28,35-36H,3-4,6-7,15-17,19-24,27H2,1H3,(H2,53,56)(H,55,67)(H,57,64)(H,54,58,68)(H,59,65,69)/b5-2+/t35?,36-/m1/s1. The summed E-state index contributed by atoms with van der Waals surface area (Å²) < 4.78 is 47.5. The molecule has 2 fully saturated rings. The zero-order valence-corrected chi connectivity index (χ0v) is 38.3. The average molecular weight is 964 g/mol. The molecule has 366 valence electrons. The maximum atomic E-state index is 13.6. The van der Waals surface area contributed by atoms with E-state index in [2.05, 4.69) is 31.2 Å². The van der Waals surface area contributed by atoms with Gasteiger partial charge in [0.25, 0.3) is 11.8 Å². The van der Waals surface area contributed by atoms with Crippen LogP contribution in [0.4, 0.5) is 35.3 Å². The highest BCUT2D eigenvalue weighted by atomic mass is 19.4. The number of amides is 7. The van der Waals surface area contributed by atoms with Gasteiger partial charge >= 0.3 is 12.2 Å². The van der Waals surface area contributed by atoms with Crippen molar-refractivity contribution < 1.29 is 46.7 Å². The molecule has 18 nitrogen and oxygen atoms in total. The lowest BCUT2D eigenvalue weighted by atomic mass is 9.90. The molecule has 2 bridgehead atoms. The van der Waals surface area contributed by atoms with Crippen LogP contribution in [0.1, 0.15) is 94.8 Å². The van der Waals surface area contributed by atoms with Gasteiger partial charge in [-0.05, 0) is 81.0 Å². The van der Waals surface area contributed by atoms with Crippen molar-refractivity contribution in [3.8, 4) is 11.3 Å². The van der Waals surface area contributed by atoms with Gasteiger partial charge < -0.3 is 31.3 Å². The summed E-state index contributed by atoms with van der Waals surface area (Å²) in [5.41, 5.74) is 10.1. The number of hydrogen-bond acceptors (Lipinski definition) is 11. The molecule has 70 heavy (non-hydrogen) atoms. The van der Waals surface area contributed by atoms with Crippen molar-refractivity contribution in [2.24, 2.45) is 0 Å². The lowest BCUT2D eigenvalue weighted by molar-refractivity contribution is -0.137. The third-order valence-corrected chi connectivity index (χ3v) is 12.5. The predicted molar refractivity (Wildman–Crippen MR) is 253 cm³/mol. The number of alkyl halides is 3. The predicted octanol–water partition coefficient (Wildman–Crippen LogP) is 6.17. The number of benzene rings is 2. The Morgan fingerprint density at radius 2 is 1.70 bits per heavy atom. The third-order valence-electron chi connectivity index (χ3n) is 12.5. The van der Waals surface area contributed by atoms with Crippen LogP contribution in [0.3, 0.4) is 0 Å². The average Bonchev–Trinajstić information content (AvgIpc) is 3.75. The fraction of sp³-hybridized carbons (Fsp3) is 0.367. The first kappa shape index (κ1) is 48.8. The number of nitrogens with two attached hydrogens (primary N) is 1. The van der Waals surface area contributed by atoms with Crippen LogP contribution < -0.4 is 31.9 Å². The molecule has 7 amide bonds. The second kappa shape index (κ2) is 21.3. The number of urea groups is 1. The molecule has 1 unspecified atom stereocenters. The second-order valence-electron chi connectivity index (χ2n) is 17.4. The molecule has 1 saturated carbocycles. The van der Waals surface area contributed by atoms with Gasteiger partial charge in [-0.1, -0.05) is 30.4 Å². The molecule has 3 aliphatic rings.